The van der Waals surface area contributed by atoms with Crippen LogP contribution < -0.4 is 0 Å². The van der Waals surface area contributed by atoms with Crippen molar-refractivity contribution in [2.24, 2.45) is 0 Å². The van der Waals surface area contributed by atoms with E-state index in [9.17, 15) is 4.79 Å². The Kier molecular flexibility index (Phi) is 28.4. The van der Waals surface area contributed by atoms with Gasteiger partial charge < -0.3 is 0 Å². The summed E-state index contributed by atoms with van der Waals surface area (Å²) in [4.78, 5) is 11.9. The highest BCUT2D eigenvalue weighted by Gasteiger charge is 2.02. The summed E-state index contributed by atoms with van der Waals surface area (Å²) in [6.07, 6.45) is 37.7. The average molecular weight is 451 g/mol. The van der Waals surface area contributed by atoms with Crippen LogP contribution in [0.3, 0.4) is 0 Å². The standard InChI is InChI=1S/C31H62O/c1-3-5-7-9-11-12-13-14-15-16-17-18-19-20-21-22-23-24-26-28-30-31(32)29-27-25-10-8-6-4-2/h3-30H2,1-2H3. The molecule has 0 radical (unpaired) electrons. The van der Waals surface area contributed by atoms with Gasteiger partial charge in [0, 0.05) is 12.8 Å². The van der Waals surface area contributed by atoms with Crippen molar-refractivity contribution >= 4 is 5.78 Å². The van der Waals surface area contributed by atoms with Crippen molar-refractivity contribution in [3.63, 3.8) is 0 Å². The van der Waals surface area contributed by atoms with Crippen molar-refractivity contribution < 1.29 is 4.79 Å². The van der Waals surface area contributed by atoms with Gasteiger partial charge >= 0.3 is 0 Å². The predicted molar refractivity (Wildman–Crippen MR) is 146 cm³/mol. The molecule has 192 valence electrons. The Hall–Kier alpha value is -0.330. The molecule has 1 nitrogen and oxygen atoms in total. The van der Waals surface area contributed by atoms with Crippen molar-refractivity contribution in [3.8, 4) is 0 Å². The van der Waals surface area contributed by atoms with Crippen LogP contribution in [0.25, 0.3) is 0 Å². The van der Waals surface area contributed by atoms with Gasteiger partial charge in [-0.05, 0) is 12.8 Å². The van der Waals surface area contributed by atoms with E-state index in [0.29, 0.717) is 5.78 Å². The molecule has 0 saturated carbocycles. The van der Waals surface area contributed by atoms with Gasteiger partial charge in [-0.3, -0.25) is 4.79 Å². The van der Waals surface area contributed by atoms with Crippen LogP contribution in [0.1, 0.15) is 194 Å². The number of ketones is 1. The van der Waals surface area contributed by atoms with Gasteiger partial charge in [0.15, 0.2) is 0 Å². The average Bonchev–Trinajstić information content (AvgIpc) is 2.80. The predicted octanol–water partition coefficient (Wildman–Crippen LogP) is 11.5. The molecule has 0 fully saturated rings. The minimum Gasteiger partial charge on any atom is -0.300 e. The molecule has 1 heteroatoms. The fourth-order valence-corrected chi connectivity index (χ4v) is 4.80. The van der Waals surface area contributed by atoms with E-state index in [1.54, 1.807) is 0 Å². The Balaban J connectivity index is 3.09. The number of rotatable bonds is 28. The maximum Gasteiger partial charge on any atom is 0.132 e. The van der Waals surface area contributed by atoms with E-state index in [1.165, 1.54) is 154 Å². The van der Waals surface area contributed by atoms with E-state index >= 15 is 0 Å². The lowest BCUT2D eigenvalue weighted by Gasteiger charge is -2.04. The molecule has 0 aliphatic heterocycles. The second-order valence-corrected chi connectivity index (χ2v) is 10.5. The number of carbonyl (C=O) groups is 1. The molecular weight excluding hydrogens is 388 g/mol. The first-order chi connectivity index (χ1) is 15.8. The van der Waals surface area contributed by atoms with E-state index in [2.05, 4.69) is 13.8 Å². The molecule has 0 saturated heterocycles. The lowest BCUT2D eigenvalue weighted by molar-refractivity contribution is -0.119. The molecular formula is C31H62O. The van der Waals surface area contributed by atoms with Crippen molar-refractivity contribution in [3.05, 3.63) is 0 Å². The summed E-state index contributed by atoms with van der Waals surface area (Å²) in [6.45, 7) is 4.55. The normalized spacial score (nSPS) is 11.3. The van der Waals surface area contributed by atoms with Crippen LogP contribution in [-0.2, 0) is 4.79 Å². The Labute approximate surface area is 204 Å². The largest absolute Gasteiger partial charge is 0.300 e. The number of carbonyl (C=O) groups excluding carboxylic acids is 1. The fourth-order valence-electron chi connectivity index (χ4n) is 4.80. The molecule has 0 N–H and O–H groups in total. The number of Topliss-reactive ketones (excluding diaryl/α,β-unsaturated/α-hetero) is 1. The highest BCUT2D eigenvalue weighted by molar-refractivity contribution is 5.78. The zero-order chi connectivity index (χ0) is 23.4. The molecule has 0 aromatic heterocycles. The van der Waals surface area contributed by atoms with Crippen LogP contribution in [0.15, 0.2) is 0 Å². The number of unbranched alkanes of at least 4 members (excludes halogenated alkanes) is 24. The smallest absolute Gasteiger partial charge is 0.132 e. The highest BCUT2D eigenvalue weighted by atomic mass is 16.1. The molecule has 32 heavy (non-hydrogen) atoms. The summed E-state index contributed by atoms with van der Waals surface area (Å²) < 4.78 is 0. The molecule has 0 rings (SSSR count). The molecule has 0 heterocycles. The lowest BCUT2D eigenvalue weighted by atomic mass is 10.0. The van der Waals surface area contributed by atoms with E-state index in [0.717, 1.165) is 25.7 Å². The third kappa shape index (κ3) is 27.7. The van der Waals surface area contributed by atoms with Gasteiger partial charge in [-0.1, -0.05) is 168 Å². The number of hydrogen-bond acceptors (Lipinski definition) is 1. The second-order valence-electron chi connectivity index (χ2n) is 10.5. The van der Waals surface area contributed by atoms with Crippen LogP contribution in [0.2, 0.25) is 0 Å². The monoisotopic (exact) mass is 450 g/mol. The Morgan fingerprint density at radius 1 is 0.312 bits per heavy atom. The molecule has 0 spiro atoms. The van der Waals surface area contributed by atoms with E-state index < -0.39 is 0 Å². The molecule has 0 atom stereocenters. The third-order valence-corrected chi connectivity index (χ3v) is 7.12. The maximum absolute atomic E-state index is 11.9. The van der Waals surface area contributed by atoms with Crippen LogP contribution in [0.4, 0.5) is 0 Å². The fraction of sp³-hybridized carbons (Fsp3) is 0.968. The summed E-state index contributed by atoms with van der Waals surface area (Å²) in [5.74, 6) is 0.517. The first kappa shape index (κ1) is 31.7. The zero-order valence-electron chi connectivity index (χ0n) is 22.7. The first-order valence-electron chi connectivity index (χ1n) is 15.3. The third-order valence-electron chi connectivity index (χ3n) is 7.12. The van der Waals surface area contributed by atoms with Gasteiger partial charge in [0.1, 0.15) is 5.78 Å². The minimum atomic E-state index is 0.517. The first-order valence-corrected chi connectivity index (χ1v) is 15.3. The summed E-state index contributed by atoms with van der Waals surface area (Å²) in [7, 11) is 0. The van der Waals surface area contributed by atoms with E-state index in [-0.39, 0.29) is 0 Å². The summed E-state index contributed by atoms with van der Waals surface area (Å²) in [5.41, 5.74) is 0. The van der Waals surface area contributed by atoms with Crippen LogP contribution in [-0.4, -0.2) is 5.78 Å². The van der Waals surface area contributed by atoms with Gasteiger partial charge in [-0.2, -0.15) is 0 Å². The topological polar surface area (TPSA) is 17.1 Å². The van der Waals surface area contributed by atoms with E-state index in [4.69, 9.17) is 0 Å². The Morgan fingerprint density at radius 3 is 0.719 bits per heavy atom. The van der Waals surface area contributed by atoms with Gasteiger partial charge in [0.25, 0.3) is 0 Å². The second kappa shape index (κ2) is 28.7. The van der Waals surface area contributed by atoms with Crippen molar-refractivity contribution in [1.29, 1.82) is 0 Å². The lowest BCUT2D eigenvalue weighted by Crippen LogP contribution is -1.97. The minimum absolute atomic E-state index is 0.517. The Bertz CT molecular complexity index is 348. The van der Waals surface area contributed by atoms with Gasteiger partial charge in [0.2, 0.25) is 0 Å². The van der Waals surface area contributed by atoms with E-state index in [1.807, 2.05) is 0 Å². The highest BCUT2D eigenvalue weighted by Crippen LogP contribution is 2.15. The molecule has 0 aromatic carbocycles. The van der Waals surface area contributed by atoms with Crippen LogP contribution in [0, 0.1) is 0 Å². The maximum atomic E-state index is 11.9. The molecule has 0 aromatic rings. The van der Waals surface area contributed by atoms with Crippen molar-refractivity contribution in [2.45, 2.75) is 194 Å². The van der Waals surface area contributed by atoms with Gasteiger partial charge in [0.05, 0.1) is 0 Å². The molecule has 0 bridgehead atoms. The summed E-state index contributed by atoms with van der Waals surface area (Å²) >= 11 is 0. The molecule has 0 aliphatic carbocycles. The summed E-state index contributed by atoms with van der Waals surface area (Å²) in [5, 5.41) is 0. The molecule has 0 unspecified atom stereocenters. The van der Waals surface area contributed by atoms with Gasteiger partial charge in [-0.15, -0.1) is 0 Å². The van der Waals surface area contributed by atoms with Crippen LogP contribution in [0.5, 0.6) is 0 Å². The van der Waals surface area contributed by atoms with Crippen molar-refractivity contribution in [2.75, 3.05) is 0 Å². The van der Waals surface area contributed by atoms with Crippen molar-refractivity contribution in [1.82, 2.24) is 0 Å². The number of hydrogen-bond donors (Lipinski definition) is 0. The van der Waals surface area contributed by atoms with Gasteiger partial charge in [-0.25, -0.2) is 0 Å². The SMILES string of the molecule is CCCCCCCCCCCCCCCCCCCCCCC(=O)CCCCCCCC. The Morgan fingerprint density at radius 2 is 0.500 bits per heavy atom. The van der Waals surface area contributed by atoms with Crippen LogP contribution >= 0.6 is 0 Å². The summed E-state index contributed by atoms with van der Waals surface area (Å²) in [6, 6.07) is 0. The molecule has 0 aliphatic rings. The quantitative estimate of drug-likeness (QED) is 0.108. The molecule has 0 amide bonds. The zero-order valence-corrected chi connectivity index (χ0v) is 22.7.